The quantitative estimate of drug-likeness (QED) is 0.689. The summed E-state index contributed by atoms with van der Waals surface area (Å²) in [5, 5.41) is 6.87. The minimum absolute atomic E-state index is 0.189. The molecule has 1 aromatic heterocycles. The van der Waals surface area contributed by atoms with Crippen LogP contribution in [0.1, 0.15) is 12.5 Å². The van der Waals surface area contributed by atoms with Crippen LogP contribution in [-0.2, 0) is 4.79 Å². The summed E-state index contributed by atoms with van der Waals surface area (Å²) in [5.41, 5.74) is 3.99. The summed E-state index contributed by atoms with van der Waals surface area (Å²) in [6.07, 6.45) is 0. The maximum absolute atomic E-state index is 11.0. The third-order valence-electron chi connectivity index (χ3n) is 3.31. The van der Waals surface area contributed by atoms with Gasteiger partial charge >= 0.3 is 0 Å². The summed E-state index contributed by atoms with van der Waals surface area (Å²) < 4.78 is 1.18. The molecule has 3 rings (SSSR count). The Morgan fingerprint density at radius 1 is 1.22 bits per heavy atom. The average Bonchev–Trinajstić information content (AvgIpc) is 2.92. The Balaban J connectivity index is 1.86. The smallest absolute Gasteiger partial charge is 0.222 e. The second-order valence-electron chi connectivity index (χ2n) is 5.15. The predicted molar refractivity (Wildman–Crippen MR) is 99.8 cm³/mol. The van der Waals surface area contributed by atoms with E-state index in [1.807, 2.05) is 37.3 Å². The van der Waals surface area contributed by atoms with Gasteiger partial charge in [0.2, 0.25) is 5.91 Å². The molecule has 0 radical (unpaired) electrons. The monoisotopic (exact) mass is 341 g/mol. The number of aromatic nitrogens is 1. The molecule has 0 bridgehead atoms. The van der Waals surface area contributed by atoms with Crippen molar-refractivity contribution in [2.45, 2.75) is 13.8 Å². The van der Waals surface area contributed by atoms with E-state index in [2.05, 4.69) is 27.8 Å². The number of benzene rings is 2. The zero-order chi connectivity index (χ0) is 16.4. The molecule has 0 atom stereocenters. The highest BCUT2D eigenvalue weighted by atomic mass is 32.1. The summed E-state index contributed by atoms with van der Waals surface area (Å²) in [4.78, 5) is 15.7. The van der Waals surface area contributed by atoms with Crippen LogP contribution >= 0.6 is 23.6 Å². The minimum atomic E-state index is -0.189. The van der Waals surface area contributed by atoms with Crippen LogP contribution in [0.4, 0.5) is 5.69 Å². The molecule has 0 fully saturated rings. The van der Waals surface area contributed by atoms with E-state index < -0.39 is 0 Å². The number of rotatable bonds is 2. The summed E-state index contributed by atoms with van der Waals surface area (Å²) in [7, 11) is 0. The number of hydrogen-bond donors (Lipinski definition) is 2. The number of nitrogens with one attached hydrogen (secondary N) is 2. The molecular weight excluding hydrogens is 326 g/mol. The molecule has 3 aromatic rings. The van der Waals surface area contributed by atoms with E-state index in [4.69, 9.17) is 12.2 Å². The van der Waals surface area contributed by atoms with Gasteiger partial charge in [0.15, 0.2) is 5.11 Å². The number of amides is 1. The van der Waals surface area contributed by atoms with E-state index >= 15 is 0 Å². The van der Waals surface area contributed by atoms with E-state index in [-0.39, 0.29) is 5.91 Å². The van der Waals surface area contributed by atoms with E-state index in [1.54, 1.807) is 11.3 Å². The molecule has 0 unspecified atom stereocenters. The highest BCUT2D eigenvalue weighted by Gasteiger charge is 2.08. The van der Waals surface area contributed by atoms with Crippen molar-refractivity contribution in [1.82, 2.24) is 10.3 Å². The highest BCUT2D eigenvalue weighted by molar-refractivity contribution is 7.80. The number of nitrogens with zero attached hydrogens (tertiary/aromatic N) is 1. The van der Waals surface area contributed by atoms with Crippen molar-refractivity contribution in [3.8, 4) is 10.6 Å². The Morgan fingerprint density at radius 2 is 2.00 bits per heavy atom. The van der Waals surface area contributed by atoms with Crippen LogP contribution in [0.5, 0.6) is 0 Å². The van der Waals surface area contributed by atoms with E-state index in [1.165, 1.54) is 11.6 Å². The van der Waals surface area contributed by atoms with Gasteiger partial charge in [-0.05, 0) is 55.0 Å². The Bertz CT molecular complexity index is 869. The zero-order valence-corrected chi connectivity index (χ0v) is 14.3. The topological polar surface area (TPSA) is 54.0 Å². The molecule has 2 aromatic carbocycles. The van der Waals surface area contributed by atoms with Gasteiger partial charge in [0.05, 0.1) is 10.2 Å². The number of hydrogen-bond acceptors (Lipinski definition) is 4. The van der Waals surface area contributed by atoms with E-state index in [9.17, 15) is 4.79 Å². The molecule has 116 valence electrons. The van der Waals surface area contributed by atoms with Gasteiger partial charge in [0.25, 0.3) is 0 Å². The maximum atomic E-state index is 11.0. The molecule has 1 heterocycles. The molecule has 0 spiro atoms. The fourth-order valence-electron chi connectivity index (χ4n) is 2.25. The fraction of sp³-hybridized carbons (Fsp3) is 0.118. The van der Waals surface area contributed by atoms with Gasteiger partial charge in [-0.25, -0.2) is 4.98 Å². The van der Waals surface area contributed by atoms with Crippen molar-refractivity contribution < 1.29 is 4.79 Å². The normalized spacial score (nSPS) is 10.5. The van der Waals surface area contributed by atoms with Crippen molar-refractivity contribution in [3.63, 3.8) is 0 Å². The number of aryl methyl sites for hydroxylation is 1. The lowest BCUT2D eigenvalue weighted by Crippen LogP contribution is -2.32. The molecule has 23 heavy (non-hydrogen) atoms. The van der Waals surface area contributed by atoms with Crippen LogP contribution in [0, 0.1) is 6.92 Å². The first-order valence-electron chi connectivity index (χ1n) is 7.08. The SMILES string of the molecule is CC(=O)NC(=S)Nc1ccc(-c2nc3ccccc3s2)cc1C. The lowest BCUT2D eigenvalue weighted by molar-refractivity contribution is -0.117. The van der Waals surface area contributed by atoms with Crippen LogP contribution < -0.4 is 10.6 Å². The van der Waals surface area contributed by atoms with Gasteiger partial charge < -0.3 is 10.6 Å². The van der Waals surface area contributed by atoms with Gasteiger partial charge in [-0.1, -0.05) is 12.1 Å². The third-order valence-corrected chi connectivity index (χ3v) is 4.59. The number of anilines is 1. The van der Waals surface area contributed by atoms with Gasteiger partial charge in [-0.2, -0.15) is 0 Å². The second kappa shape index (κ2) is 6.44. The molecule has 0 saturated carbocycles. The third kappa shape index (κ3) is 3.55. The van der Waals surface area contributed by atoms with Crippen LogP contribution in [0.3, 0.4) is 0 Å². The number of carbonyl (C=O) groups excluding carboxylic acids is 1. The molecule has 0 aliphatic heterocycles. The Kier molecular flexibility index (Phi) is 4.36. The summed E-state index contributed by atoms with van der Waals surface area (Å²) in [6, 6.07) is 14.1. The van der Waals surface area contributed by atoms with Crippen molar-refractivity contribution in [2.24, 2.45) is 0 Å². The van der Waals surface area contributed by atoms with Crippen molar-refractivity contribution >= 4 is 50.5 Å². The number of carbonyl (C=O) groups is 1. The number of thiocarbonyl (C=S) groups is 1. The van der Waals surface area contributed by atoms with Gasteiger partial charge in [-0.15, -0.1) is 11.3 Å². The first-order chi connectivity index (χ1) is 11.0. The Labute approximate surface area is 143 Å². The lowest BCUT2D eigenvalue weighted by atomic mass is 10.1. The fourth-order valence-corrected chi connectivity index (χ4v) is 3.46. The second-order valence-corrected chi connectivity index (χ2v) is 6.59. The minimum Gasteiger partial charge on any atom is -0.332 e. The van der Waals surface area contributed by atoms with E-state index in [0.717, 1.165) is 27.3 Å². The molecule has 0 aliphatic rings. The summed E-state index contributed by atoms with van der Waals surface area (Å²) in [5.74, 6) is -0.189. The molecule has 4 nitrogen and oxygen atoms in total. The molecule has 0 aliphatic carbocycles. The predicted octanol–water partition coefficient (Wildman–Crippen LogP) is 4.10. The largest absolute Gasteiger partial charge is 0.332 e. The number of thiazole rings is 1. The van der Waals surface area contributed by atoms with Crippen molar-refractivity contribution in [3.05, 3.63) is 48.0 Å². The lowest BCUT2D eigenvalue weighted by Gasteiger charge is -2.11. The number of fused-ring (bicyclic) bond motifs is 1. The van der Waals surface area contributed by atoms with E-state index in [0.29, 0.717) is 5.11 Å². The van der Waals surface area contributed by atoms with Crippen molar-refractivity contribution in [1.29, 1.82) is 0 Å². The zero-order valence-electron chi connectivity index (χ0n) is 12.7. The molecule has 2 N–H and O–H groups in total. The van der Waals surface area contributed by atoms with Gasteiger partial charge in [-0.3, -0.25) is 4.79 Å². The maximum Gasteiger partial charge on any atom is 0.222 e. The first kappa shape index (κ1) is 15.6. The van der Waals surface area contributed by atoms with Crippen molar-refractivity contribution in [2.75, 3.05) is 5.32 Å². The standard InChI is InChI=1S/C17H15N3OS2/c1-10-9-12(7-8-13(10)20-17(22)18-11(2)21)16-19-14-5-3-4-6-15(14)23-16/h3-9H,1-2H3,(H2,18,20,21,22). The van der Waals surface area contributed by atoms with Crippen LogP contribution in [0.25, 0.3) is 20.8 Å². The number of para-hydroxylation sites is 1. The van der Waals surface area contributed by atoms with Crippen LogP contribution in [-0.4, -0.2) is 16.0 Å². The average molecular weight is 341 g/mol. The molecule has 0 saturated heterocycles. The first-order valence-corrected chi connectivity index (χ1v) is 8.30. The summed E-state index contributed by atoms with van der Waals surface area (Å²) in [6.45, 7) is 3.42. The molecule has 1 amide bonds. The van der Waals surface area contributed by atoms with Gasteiger partial charge in [0.1, 0.15) is 5.01 Å². The van der Waals surface area contributed by atoms with Crippen LogP contribution in [0.15, 0.2) is 42.5 Å². The molecule has 6 heteroatoms. The Morgan fingerprint density at radius 3 is 2.70 bits per heavy atom. The molecular formula is C17H15N3OS2. The Hall–Kier alpha value is -2.31. The summed E-state index contributed by atoms with van der Waals surface area (Å²) >= 11 is 6.76. The van der Waals surface area contributed by atoms with Crippen LogP contribution in [0.2, 0.25) is 0 Å². The highest BCUT2D eigenvalue weighted by Crippen LogP contribution is 2.31. The van der Waals surface area contributed by atoms with Gasteiger partial charge in [0, 0.05) is 18.2 Å².